The number of halogens is 3. The van der Waals surface area contributed by atoms with Crippen molar-refractivity contribution in [2.45, 2.75) is 24.9 Å². The van der Waals surface area contributed by atoms with Crippen LogP contribution in [0.2, 0.25) is 0 Å². The molecular formula is C23H20F3N3O4S. The van der Waals surface area contributed by atoms with Gasteiger partial charge in [0.1, 0.15) is 0 Å². The highest BCUT2D eigenvalue weighted by Gasteiger charge is 2.30. The van der Waals surface area contributed by atoms with Crippen LogP contribution in [0.25, 0.3) is 0 Å². The first-order valence-electron chi connectivity index (χ1n) is 9.85. The Hall–Kier alpha value is -3.86. The Bertz CT molecular complexity index is 1360. The molecule has 0 saturated carbocycles. The lowest BCUT2D eigenvalue weighted by molar-refractivity contribution is -0.137. The normalized spacial score (nSPS) is 11.6. The van der Waals surface area contributed by atoms with Crippen molar-refractivity contribution in [2.75, 3.05) is 4.72 Å². The van der Waals surface area contributed by atoms with Crippen LogP contribution < -0.4 is 15.6 Å². The van der Waals surface area contributed by atoms with Gasteiger partial charge in [-0.2, -0.15) is 13.2 Å². The number of amides is 2. The molecule has 0 fully saturated rings. The van der Waals surface area contributed by atoms with Crippen molar-refractivity contribution < 1.29 is 31.2 Å². The number of aryl methyl sites for hydroxylation is 2. The minimum Gasteiger partial charge on any atom is -0.280 e. The number of sulfonamides is 1. The van der Waals surface area contributed by atoms with Gasteiger partial charge in [0.05, 0.1) is 10.5 Å². The average Bonchev–Trinajstić information content (AvgIpc) is 2.76. The Balaban J connectivity index is 1.73. The monoisotopic (exact) mass is 491 g/mol. The summed E-state index contributed by atoms with van der Waals surface area (Å²) in [6.45, 7) is 3.62. The number of hydrogen-bond acceptors (Lipinski definition) is 4. The van der Waals surface area contributed by atoms with Crippen LogP contribution in [-0.4, -0.2) is 20.2 Å². The first-order chi connectivity index (χ1) is 15.9. The predicted molar refractivity (Wildman–Crippen MR) is 120 cm³/mol. The van der Waals surface area contributed by atoms with Crippen molar-refractivity contribution >= 4 is 27.5 Å². The summed E-state index contributed by atoms with van der Waals surface area (Å²) in [5.41, 5.74) is 5.12. The summed E-state index contributed by atoms with van der Waals surface area (Å²) in [5.74, 6) is -1.34. The van der Waals surface area contributed by atoms with E-state index in [-0.39, 0.29) is 16.1 Å². The molecule has 11 heteroatoms. The topological polar surface area (TPSA) is 104 Å². The van der Waals surface area contributed by atoms with Gasteiger partial charge >= 0.3 is 6.18 Å². The predicted octanol–water partition coefficient (Wildman–Crippen LogP) is 4.20. The van der Waals surface area contributed by atoms with E-state index in [1.807, 2.05) is 13.0 Å². The molecule has 2 amide bonds. The van der Waals surface area contributed by atoms with Gasteiger partial charge < -0.3 is 0 Å². The summed E-state index contributed by atoms with van der Waals surface area (Å²) in [6, 6.07) is 13.7. The lowest BCUT2D eigenvalue weighted by atomic mass is 10.1. The van der Waals surface area contributed by atoms with E-state index in [2.05, 4.69) is 15.6 Å². The number of nitrogens with one attached hydrogen (secondary N) is 3. The second-order valence-electron chi connectivity index (χ2n) is 7.44. The average molecular weight is 491 g/mol. The molecular weight excluding hydrogens is 471 g/mol. The third-order valence-corrected chi connectivity index (χ3v) is 6.14. The van der Waals surface area contributed by atoms with Crippen molar-refractivity contribution in [3.05, 3.63) is 94.5 Å². The maximum atomic E-state index is 12.9. The number of carbonyl (C=O) groups is 2. The van der Waals surface area contributed by atoms with Crippen molar-refractivity contribution in [3.8, 4) is 0 Å². The fourth-order valence-electron chi connectivity index (χ4n) is 3.10. The van der Waals surface area contributed by atoms with E-state index >= 15 is 0 Å². The fraction of sp³-hybridized carbons (Fsp3) is 0.130. The lowest BCUT2D eigenvalue weighted by Gasteiger charge is -2.12. The molecule has 3 aromatic carbocycles. The van der Waals surface area contributed by atoms with E-state index in [0.717, 1.165) is 23.8 Å². The van der Waals surface area contributed by atoms with Crippen LogP contribution in [0.1, 0.15) is 37.4 Å². The number of hydrogen-bond donors (Lipinski definition) is 3. The van der Waals surface area contributed by atoms with E-state index in [0.29, 0.717) is 17.2 Å². The molecule has 0 saturated heterocycles. The molecule has 0 aliphatic carbocycles. The summed E-state index contributed by atoms with van der Waals surface area (Å²) >= 11 is 0. The Kier molecular flexibility index (Phi) is 6.96. The minimum absolute atomic E-state index is 0.0900. The summed E-state index contributed by atoms with van der Waals surface area (Å²) < 4.78 is 66.1. The second-order valence-corrected chi connectivity index (χ2v) is 9.12. The van der Waals surface area contributed by atoms with E-state index in [9.17, 15) is 31.2 Å². The Morgan fingerprint density at radius 3 is 2.18 bits per heavy atom. The van der Waals surface area contributed by atoms with E-state index in [1.165, 1.54) is 24.3 Å². The third kappa shape index (κ3) is 5.93. The molecule has 178 valence electrons. The van der Waals surface area contributed by atoms with Gasteiger partial charge in [0.25, 0.3) is 21.8 Å². The summed E-state index contributed by atoms with van der Waals surface area (Å²) in [7, 11) is -4.30. The molecule has 7 nitrogen and oxygen atoms in total. The first kappa shape index (κ1) is 24.8. The number of carbonyl (C=O) groups excluding carboxylic acids is 2. The van der Waals surface area contributed by atoms with Crippen LogP contribution in [0, 0.1) is 13.8 Å². The molecule has 34 heavy (non-hydrogen) atoms. The smallest absolute Gasteiger partial charge is 0.280 e. The number of alkyl halides is 3. The summed E-state index contributed by atoms with van der Waals surface area (Å²) in [5, 5.41) is 0. The number of anilines is 1. The molecule has 0 unspecified atom stereocenters. The van der Waals surface area contributed by atoms with Gasteiger partial charge in [-0.25, -0.2) is 8.42 Å². The van der Waals surface area contributed by atoms with E-state index < -0.39 is 33.6 Å². The van der Waals surface area contributed by atoms with Gasteiger partial charge in [0.2, 0.25) is 0 Å². The highest BCUT2D eigenvalue weighted by atomic mass is 32.2. The fourth-order valence-corrected chi connectivity index (χ4v) is 4.19. The Morgan fingerprint density at radius 2 is 1.50 bits per heavy atom. The molecule has 0 radical (unpaired) electrons. The highest BCUT2D eigenvalue weighted by molar-refractivity contribution is 7.92. The zero-order chi connectivity index (χ0) is 25.1. The number of hydrazine groups is 1. The summed E-state index contributed by atoms with van der Waals surface area (Å²) in [4.78, 5) is 24.4. The van der Waals surface area contributed by atoms with E-state index in [1.54, 1.807) is 19.1 Å². The van der Waals surface area contributed by atoms with Crippen LogP contribution in [0.15, 0.2) is 71.6 Å². The molecule has 0 bridgehead atoms. The van der Waals surface area contributed by atoms with Crippen LogP contribution in [0.4, 0.5) is 18.9 Å². The zero-order valence-electron chi connectivity index (χ0n) is 18.0. The van der Waals surface area contributed by atoms with Gasteiger partial charge in [-0.05, 0) is 61.9 Å². The van der Waals surface area contributed by atoms with Crippen LogP contribution in [0.3, 0.4) is 0 Å². The van der Waals surface area contributed by atoms with Gasteiger partial charge in [0, 0.05) is 16.8 Å². The van der Waals surface area contributed by atoms with Crippen molar-refractivity contribution in [1.29, 1.82) is 0 Å². The third-order valence-electron chi connectivity index (χ3n) is 4.76. The molecule has 0 aliphatic rings. The van der Waals surface area contributed by atoms with Crippen LogP contribution in [0.5, 0.6) is 0 Å². The van der Waals surface area contributed by atoms with Gasteiger partial charge in [-0.3, -0.25) is 25.2 Å². The maximum Gasteiger partial charge on any atom is 0.416 e. The van der Waals surface area contributed by atoms with Crippen molar-refractivity contribution in [2.24, 2.45) is 0 Å². The van der Waals surface area contributed by atoms with Crippen molar-refractivity contribution in [3.63, 3.8) is 0 Å². The van der Waals surface area contributed by atoms with Crippen molar-refractivity contribution in [1.82, 2.24) is 10.9 Å². The first-order valence-corrected chi connectivity index (χ1v) is 11.3. The molecule has 0 atom stereocenters. The van der Waals surface area contributed by atoms with Gasteiger partial charge in [-0.1, -0.05) is 29.8 Å². The molecule has 0 aliphatic heterocycles. The lowest BCUT2D eigenvalue weighted by Crippen LogP contribution is -2.41. The number of rotatable bonds is 5. The quantitative estimate of drug-likeness (QED) is 0.466. The second kappa shape index (κ2) is 9.56. The standard InChI is InChI=1S/C23H20F3N3O4S/c1-14-9-10-20(15(2)11-14)22(31)28-27-21(30)16-5-3-8-19(12-16)34(32,33)29-18-7-4-6-17(13-18)23(24,25)26/h3-13,29H,1-2H3,(H,27,30)(H,28,31). The molecule has 3 aromatic rings. The molecule has 0 aromatic heterocycles. The van der Waals surface area contributed by atoms with E-state index in [4.69, 9.17) is 0 Å². The Morgan fingerprint density at radius 1 is 0.824 bits per heavy atom. The van der Waals surface area contributed by atoms with Gasteiger partial charge in [-0.15, -0.1) is 0 Å². The largest absolute Gasteiger partial charge is 0.416 e. The number of benzene rings is 3. The van der Waals surface area contributed by atoms with Gasteiger partial charge in [0.15, 0.2) is 0 Å². The molecule has 3 N–H and O–H groups in total. The maximum absolute atomic E-state index is 12.9. The SMILES string of the molecule is Cc1ccc(C(=O)NNC(=O)c2cccc(S(=O)(=O)Nc3cccc(C(F)(F)F)c3)c2)c(C)c1. The highest BCUT2D eigenvalue weighted by Crippen LogP contribution is 2.31. The molecule has 0 heterocycles. The van der Waals surface area contributed by atoms with Crippen LogP contribution >= 0.6 is 0 Å². The summed E-state index contributed by atoms with van der Waals surface area (Å²) in [6.07, 6.45) is -4.64. The van der Waals surface area contributed by atoms with Crippen LogP contribution in [-0.2, 0) is 16.2 Å². The Labute approximate surface area is 194 Å². The zero-order valence-corrected chi connectivity index (χ0v) is 18.8. The molecule has 3 rings (SSSR count). The molecule has 0 spiro atoms. The minimum atomic E-state index is -4.64.